The van der Waals surface area contributed by atoms with Gasteiger partial charge in [-0.15, -0.1) is 0 Å². The van der Waals surface area contributed by atoms with Crippen LogP contribution in [0.3, 0.4) is 0 Å². The molecule has 1 saturated heterocycles. The molecule has 2 atom stereocenters. The maximum atomic E-state index is 12.9. The molecule has 0 aromatic heterocycles. The molecule has 1 heterocycles. The predicted octanol–water partition coefficient (Wildman–Crippen LogP) is 1.43. The van der Waals surface area contributed by atoms with E-state index < -0.39 is 10.0 Å². The fourth-order valence-electron chi connectivity index (χ4n) is 2.95. The SMILES string of the molecule is COC1CCN(S(=O)(=O)c2cc(C)cc(C)c2)C(CN)C1. The molecule has 1 aromatic carbocycles. The average Bonchev–Trinajstić information content (AvgIpc) is 2.45. The van der Waals surface area contributed by atoms with E-state index in [1.807, 2.05) is 19.9 Å². The van der Waals surface area contributed by atoms with Gasteiger partial charge in [0.05, 0.1) is 11.0 Å². The number of aryl methyl sites for hydroxylation is 2. The van der Waals surface area contributed by atoms with Crippen molar-refractivity contribution >= 4 is 10.0 Å². The highest BCUT2D eigenvalue weighted by Crippen LogP contribution is 2.27. The second kappa shape index (κ2) is 6.44. The summed E-state index contributed by atoms with van der Waals surface area (Å²) in [5.41, 5.74) is 7.68. The van der Waals surface area contributed by atoms with Crippen LogP contribution < -0.4 is 5.73 Å². The molecule has 0 spiro atoms. The summed E-state index contributed by atoms with van der Waals surface area (Å²) in [5, 5.41) is 0. The summed E-state index contributed by atoms with van der Waals surface area (Å²) in [6.45, 7) is 4.58. The van der Waals surface area contributed by atoms with Crippen LogP contribution in [-0.2, 0) is 14.8 Å². The van der Waals surface area contributed by atoms with E-state index in [0.29, 0.717) is 30.8 Å². The highest BCUT2D eigenvalue weighted by Gasteiger charge is 2.36. The Morgan fingerprint density at radius 2 is 1.90 bits per heavy atom. The fraction of sp³-hybridized carbons (Fsp3) is 0.600. The molecular weight excluding hydrogens is 288 g/mol. The molecule has 1 aliphatic rings. The summed E-state index contributed by atoms with van der Waals surface area (Å²) in [6.07, 6.45) is 1.44. The van der Waals surface area contributed by atoms with Gasteiger partial charge in [-0.2, -0.15) is 4.31 Å². The van der Waals surface area contributed by atoms with E-state index >= 15 is 0 Å². The summed E-state index contributed by atoms with van der Waals surface area (Å²) >= 11 is 0. The van der Waals surface area contributed by atoms with E-state index in [1.165, 1.54) is 4.31 Å². The molecule has 6 heteroatoms. The second-order valence-corrected chi connectivity index (χ2v) is 7.60. The second-order valence-electron chi connectivity index (χ2n) is 5.71. The molecule has 0 bridgehead atoms. The molecule has 0 aliphatic carbocycles. The number of methoxy groups -OCH3 is 1. The van der Waals surface area contributed by atoms with Crippen molar-refractivity contribution in [2.24, 2.45) is 5.73 Å². The molecule has 5 nitrogen and oxygen atoms in total. The van der Waals surface area contributed by atoms with Crippen molar-refractivity contribution < 1.29 is 13.2 Å². The van der Waals surface area contributed by atoms with E-state index in [0.717, 1.165) is 11.1 Å². The Kier molecular flexibility index (Phi) is 5.03. The van der Waals surface area contributed by atoms with Gasteiger partial charge in [0, 0.05) is 26.2 Å². The summed E-state index contributed by atoms with van der Waals surface area (Å²) < 4.78 is 32.7. The topological polar surface area (TPSA) is 72.6 Å². The smallest absolute Gasteiger partial charge is 0.243 e. The van der Waals surface area contributed by atoms with E-state index in [-0.39, 0.29) is 12.1 Å². The number of sulfonamides is 1. The number of nitrogens with zero attached hydrogens (tertiary/aromatic N) is 1. The van der Waals surface area contributed by atoms with Gasteiger partial charge in [0.25, 0.3) is 0 Å². The molecule has 1 aromatic rings. The number of rotatable bonds is 4. The molecule has 0 radical (unpaired) electrons. The lowest BCUT2D eigenvalue weighted by Gasteiger charge is -2.37. The van der Waals surface area contributed by atoms with Gasteiger partial charge in [-0.25, -0.2) is 8.42 Å². The van der Waals surface area contributed by atoms with Crippen LogP contribution >= 0.6 is 0 Å². The molecule has 0 saturated carbocycles. The minimum atomic E-state index is -3.50. The van der Waals surface area contributed by atoms with E-state index in [4.69, 9.17) is 10.5 Å². The molecule has 0 amide bonds. The number of hydrogen-bond donors (Lipinski definition) is 1. The van der Waals surface area contributed by atoms with Crippen LogP contribution in [0.5, 0.6) is 0 Å². The third-order valence-electron chi connectivity index (χ3n) is 4.02. The van der Waals surface area contributed by atoms with E-state index in [1.54, 1.807) is 19.2 Å². The number of ether oxygens (including phenoxy) is 1. The first kappa shape index (κ1) is 16.4. The third-order valence-corrected chi connectivity index (χ3v) is 5.95. The van der Waals surface area contributed by atoms with Crippen molar-refractivity contribution in [3.8, 4) is 0 Å². The first-order chi connectivity index (χ1) is 9.88. The van der Waals surface area contributed by atoms with Gasteiger partial charge in [0.15, 0.2) is 0 Å². The number of nitrogens with two attached hydrogens (primary N) is 1. The van der Waals surface area contributed by atoms with Crippen LogP contribution in [0, 0.1) is 13.8 Å². The van der Waals surface area contributed by atoms with Crippen LogP contribution in [0.25, 0.3) is 0 Å². The van der Waals surface area contributed by atoms with Gasteiger partial charge < -0.3 is 10.5 Å². The zero-order chi connectivity index (χ0) is 15.6. The van der Waals surface area contributed by atoms with Gasteiger partial charge in [0.1, 0.15) is 0 Å². The van der Waals surface area contributed by atoms with Crippen molar-refractivity contribution in [2.45, 2.75) is 43.7 Å². The Bertz CT molecular complexity index is 581. The zero-order valence-electron chi connectivity index (χ0n) is 12.9. The van der Waals surface area contributed by atoms with Crippen molar-refractivity contribution in [3.05, 3.63) is 29.3 Å². The predicted molar refractivity (Wildman–Crippen MR) is 82.7 cm³/mol. The molecular formula is C15H24N2O3S. The standard InChI is InChI=1S/C15H24N2O3S/c1-11-6-12(2)8-15(7-11)21(18,19)17-5-4-14(20-3)9-13(17)10-16/h6-8,13-14H,4-5,9-10,16H2,1-3H3. The van der Waals surface area contributed by atoms with Crippen molar-refractivity contribution in [1.82, 2.24) is 4.31 Å². The molecule has 118 valence electrons. The molecule has 2 N–H and O–H groups in total. The van der Waals surface area contributed by atoms with Crippen LogP contribution in [0.2, 0.25) is 0 Å². The van der Waals surface area contributed by atoms with Crippen LogP contribution in [0.1, 0.15) is 24.0 Å². The van der Waals surface area contributed by atoms with Gasteiger partial charge in [-0.05, 0) is 49.9 Å². The van der Waals surface area contributed by atoms with E-state index in [9.17, 15) is 8.42 Å². The molecule has 1 fully saturated rings. The average molecular weight is 312 g/mol. The maximum absolute atomic E-state index is 12.9. The quantitative estimate of drug-likeness (QED) is 0.913. The summed E-state index contributed by atoms with van der Waals surface area (Å²) in [7, 11) is -1.84. The number of piperidine rings is 1. The maximum Gasteiger partial charge on any atom is 0.243 e. The Balaban J connectivity index is 2.34. The Hall–Kier alpha value is -0.950. The van der Waals surface area contributed by atoms with Crippen molar-refractivity contribution in [2.75, 3.05) is 20.2 Å². The number of benzene rings is 1. The van der Waals surface area contributed by atoms with Crippen LogP contribution in [0.4, 0.5) is 0 Å². The lowest BCUT2D eigenvalue weighted by Crippen LogP contribution is -2.51. The molecule has 2 unspecified atom stereocenters. The molecule has 1 aliphatic heterocycles. The van der Waals surface area contributed by atoms with Gasteiger partial charge in [-0.1, -0.05) is 6.07 Å². The lowest BCUT2D eigenvalue weighted by molar-refractivity contribution is 0.0401. The van der Waals surface area contributed by atoms with Crippen LogP contribution in [0.15, 0.2) is 23.1 Å². The summed E-state index contributed by atoms with van der Waals surface area (Å²) in [6, 6.07) is 5.21. The summed E-state index contributed by atoms with van der Waals surface area (Å²) in [4.78, 5) is 0.356. The minimum Gasteiger partial charge on any atom is -0.381 e. The first-order valence-corrected chi connectivity index (χ1v) is 8.65. The largest absolute Gasteiger partial charge is 0.381 e. The fourth-order valence-corrected chi connectivity index (χ4v) is 4.81. The monoisotopic (exact) mass is 312 g/mol. The van der Waals surface area contributed by atoms with Crippen molar-refractivity contribution in [1.29, 1.82) is 0 Å². The van der Waals surface area contributed by atoms with Crippen molar-refractivity contribution in [3.63, 3.8) is 0 Å². The van der Waals surface area contributed by atoms with E-state index in [2.05, 4.69) is 0 Å². The van der Waals surface area contributed by atoms with Crippen LogP contribution in [-0.4, -0.2) is 45.1 Å². The normalized spacial score (nSPS) is 24.2. The first-order valence-electron chi connectivity index (χ1n) is 7.21. The number of hydrogen-bond acceptors (Lipinski definition) is 4. The highest BCUT2D eigenvalue weighted by atomic mass is 32.2. The van der Waals surface area contributed by atoms with Gasteiger partial charge in [-0.3, -0.25) is 0 Å². The Morgan fingerprint density at radius 3 is 2.43 bits per heavy atom. The van der Waals surface area contributed by atoms with Gasteiger partial charge in [0.2, 0.25) is 10.0 Å². The molecule has 2 rings (SSSR count). The van der Waals surface area contributed by atoms with Gasteiger partial charge >= 0.3 is 0 Å². The summed E-state index contributed by atoms with van der Waals surface area (Å²) in [5.74, 6) is 0. The molecule has 21 heavy (non-hydrogen) atoms. The zero-order valence-corrected chi connectivity index (χ0v) is 13.7. The lowest BCUT2D eigenvalue weighted by atomic mass is 10.0. The Morgan fingerprint density at radius 1 is 1.29 bits per heavy atom. The minimum absolute atomic E-state index is 0.0873. The highest BCUT2D eigenvalue weighted by molar-refractivity contribution is 7.89. The third kappa shape index (κ3) is 3.45. The Labute approximate surface area is 127 Å².